The highest BCUT2D eigenvalue weighted by Gasteiger charge is 2.14. The Kier molecular flexibility index (Phi) is 15.4. The van der Waals surface area contributed by atoms with E-state index in [-0.39, 0.29) is 30.3 Å². The Labute approximate surface area is 274 Å². The number of unbranched alkanes of at least 4 members (excludes halogenated alkanes) is 2. The number of phenols is 1. The van der Waals surface area contributed by atoms with E-state index in [0.29, 0.717) is 35.9 Å². The molecule has 248 valence electrons. The van der Waals surface area contributed by atoms with Gasteiger partial charge in [0.15, 0.2) is 17.3 Å². The lowest BCUT2D eigenvalue weighted by Crippen LogP contribution is -2.15. The van der Waals surface area contributed by atoms with Gasteiger partial charge in [-0.15, -0.1) is 0 Å². The molecule has 0 saturated heterocycles. The van der Waals surface area contributed by atoms with E-state index < -0.39 is 0 Å². The fourth-order valence-corrected chi connectivity index (χ4v) is 5.71. The summed E-state index contributed by atoms with van der Waals surface area (Å²) in [6.07, 6.45) is 12.8. The molecule has 0 aliphatic heterocycles. The number of aryl methyl sites for hydroxylation is 3. The molecular weight excluding hydrogens is 578 g/mol. The highest BCUT2D eigenvalue weighted by molar-refractivity contribution is 6.06. The van der Waals surface area contributed by atoms with Gasteiger partial charge in [-0.25, -0.2) is 4.98 Å². The molecular formula is C38H51N3O5. The topological polar surface area (TPSA) is 135 Å². The molecule has 3 rings (SSSR count). The summed E-state index contributed by atoms with van der Waals surface area (Å²) in [6.45, 7) is 3.39. The average molecular weight is 630 g/mol. The summed E-state index contributed by atoms with van der Waals surface area (Å²) in [5.41, 5.74) is 12.0. The van der Waals surface area contributed by atoms with Crippen LogP contribution in [0.2, 0.25) is 0 Å². The minimum atomic E-state index is -0.248. The van der Waals surface area contributed by atoms with Gasteiger partial charge in [0.05, 0.1) is 13.5 Å². The number of aliphatic hydroxyl groups excluding tert-OH is 1. The Morgan fingerprint density at radius 1 is 1.00 bits per heavy atom. The number of nitrogen functional groups attached to an aromatic ring is 1. The smallest absolute Gasteiger partial charge is 0.163 e. The number of phenolic OH excluding ortho intramolecular Hbond substituents is 1. The molecule has 0 fully saturated rings. The molecule has 1 heterocycles. The molecule has 46 heavy (non-hydrogen) atoms. The number of hydrogen-bond acceptors (Lipinski definition) is 8. The quantitative estimate of drug-likeness (QED) is 0.0638. The maximum Gasteiger partial charge on any atom is 0.163 e. The van der Waals surface area contributed by atoms with Crippen LogP contribution in [-0.2, 0) is 35.3 Å². The Morgan fingerprint density at radius 3 is 2.52 bits per heavy atom. The van der Waals surface area contributed by atoms with Crippen molar-refractivity contribution in [1.29, 1.82) is 0 Å². The van der Waals surface area contributed by atoms with E-state index in [2.05, 4.69) is 35.4 Å². The number of carbonyl (C=O) groups is 2. The number of anilines is 1. The van der Waals surface area contributed by atoms with E-state index in [1.807, 2.05) is 19.2 Å². The second kappa shape index (κ2) is 19.5. The van der Waals surface area contributed by atoms with Crippen LogP contribution in [0, 0.1) is 5.92 Å². The zero-order chi connectivity index (χ0) is 33.3. The first kappa shape index (κ1) is 36.5. The van der Waals surface area contributed by atoms with Crippen LogP contribution in [0.15, 0.2) is 54.7 Å². The van der Waals surface area contributed by atoms with Gasteiger partial charge in [0, 0.05) is 19.2 Å². The van der Waals surface area contributed by atoms with Gasteiger partial charge in [-0.3, -0.25) is 9.59 Å². The van der Waals surface area contributed by atoms with E-state index in [9.17, 15) is 19.8 Å². The highest BCUT2D eigenvalue weighted by atomic mass is 16.5. The largest absolute Gasteiger partial charge is 0.504 e. The maximum atomic E-state index is 12.7. The lowest BCUT2D eigenvalue weighted by molar-refractivity contribution is -0.124. The van der Waals surface area contributed by atoms with E-state index in [1.54, 1.807) is 24.4 Å². The fraction of sp³-hybridized carbons (Fsp3) is 0.447. The third kappa shape index (κ3) is 12.4. The number of nitrogens with one attached hydrogen (secondary N) is 1. The van der Waals surface area contributed by atoms with Crippen LogP contribution in [0.5, 0.6) is 11.5 Å². The number of ether oxygens (including phenoxy) is 1. The van der Waals surface area contributed by atoms with Crippen molar-refractivity contribution in [2.75, 3.05) is 33.0 Å². The van der Waals surface area contributed by atoms with Crippen LogP contribution in [0.4, 0.5) is 5.82 Å². The Morgan fingerprint density at radius 2 is 1.78 bits per heavy atom. The van der Waals surface area contributed by atoms with Crippen LogP contribution >= 0.6 is 0 Å². The van der Waals surface area contributed by atoms with Gasteiger partial charge in [-0.1, -0.05) is 50.1 Å². The molecule has 5 N–H and O–H groups in total. The molecule has 2 aromatic carbocycles. The third-order valence-corrected chi connectivity index (χ3v) is 8.25. The molecule has 1 atom stereocenters. The minimum Gasteiger partial charge on any atom is -0.504 e. The molecule has 0 spiro atoms. The summed E-state index contributed by atoms with van der Waals surface area (Å²) in [4.78, 5) is 29.5. The molecule has 0 aliphatic rings. The van der Waals surface area contributed by atoms with Crippen molar-refractivity contribution in [3.8, 4) is 11.5 Å². The number of methoxy groups -OCH3 is 1. The Hall–Kier alpha value is -4.01. The van der Waals surface area contributed by atoms with Gasteiger partial charge < -0.3 is 26.0 Å². The molecule has 0 amide bonds. The van der Waals surface area contributed by atoms with Gasteiger partial charge in [0.25, 0.3) is 0 Å². The van der Waals surface area contributed by atoms with Crippen molar-refractivity contribution in [3.05, 3.63) is 88.1 Å². The second-order valence-electron chi connectivity index (χ2n) is 12.2. The normalized spacial score (nSPS) is 12.0. The Balaban J connectivity index is 1.68. The predicted molar refractivity (Wildman–Crippen MR) is 185 cm³/mol. The highest BCUT2D eigenvalue weighted by Crippen LogP contribution is 2.32. The molecule has 0 aliphatic carbocycles. The van der Waals surface area contributed by atoms with E-state index in [0.717, 1.165) is 74.6 Å². The first-order valence-electron chi connectivity index (χ1n) is 16.4. The minimum absolute atomic E-state index is 0.00107. The van der Waals surface area contributed by atoms with Crippen LogP contribution in [0.3, 0.4) is 0 Å². The van der Waals surface area contributed by atoms with Crippen molar-refractivity contribution in [3.63, 3.8) is 0 Å². The van der Waals surface area contributed by atoms with Crippen molar-refractivity contribution in [1.82, 2.24) is 10.3 Å². The zero-order valence-corrected chi connectivity index (χ0v) is 27.7. The first-order valence-corrected chi connectivity index (χ1v) is 16.4. The van der Waals surface area contributed by atoms with Crippen LogP contribution < -0.4 is 15.8 Å². The lowest BCUT2D eigenvalue weighted by atomic mass is 9.93. The molecule has 8 nitrogen and oxygen atoms in total. The number of Topliss-reactive ketones (excluding diaryl/α,β-unsaturated/α-hetero) is 1. The number of allylic oxidation sites excluding steroid dienone is 1. The number of aromatic hydroxyl groups is 1. The number of nitrogens with two attached hydrogens (primary N) is 1. The van der Waals surface area contributed by atoms with Crippen LogP contribution in [0.25, 0.3) is 6.08 Å². The van der Waals surface area contributed by atoms with Gasteiger partial charge in [0.2, 0.25) is 0 Å². The molecule has 0 radical (unpaired) electrons. The zero-order valence-electron chi connectivity index (χ0n) is 27.7. The van der Waals surface area contributed by atoms with Crippen LogP contribution in [-0.4, -0.2) is 54.1 Å². The van der Waals surface area contributed by atoms with E-state index in [1.165, 1.54) is 24.3 Å². The average Bonchev–Trinajstić information content (AvgIpc) is 3.03. The summed E-state index contributed by atoms with van der Waals surface area (Å²) in [6, 6.07) is 13.7. The molecule has 1 aromatic heterocycles. The number of pyridine rings is 1. The number of aliphatic hydroxyl groups is 1. The maximum absolute atomic E-state index is 12.7. The fourth-order valence-electron chi connectivity index (χ4n) is 5.71. The van der Waals surface area contributed by atoms with E-state index in [4.69, 9.17) is 10.5 Å². The molecule has 0 saturated carbocycles. The SMILES string of the molecule is CNC[C@H](C)CCCCCC(=O)CC(=O)C=Cc1cc(OC)c(O)cc1Cc1cnc(N)cc1CCc1cccc(CCCO)c1. The Bertz CT molecular complexity index is 1450. The number of benzene rings is 2. The predicted octanol–water partition coefficient (Wildman–Crippen LogP) is 6.03. The molecule has 3 aromatic rings. The van der Waals surface area contributed by atoms with Crippen LogP contribution in [0.1, 0.15) is 85.3 Å². The van der Waals surface area contributed by atoms with Crippen molar-refractivity contribution < 1.29 is 24.5 Å². The molecule has 0 unspecified atom stereocenters. The molecule has 0 bridgehead atoms. The summed E-state index contributed by atoms with van der Waals surface area (Å²) < 4.78 is 5.35. The van der Waals surface area contributed by atoms with Crippen molar-refractivity contribution >= 4 is 23.5 Å². The number of hydrogen-bond donors (Lipinski definition) is 4. The number of rotatable bonds is 21. The van der Waals surface area contributed by atoms with Gasteiger partial charge in [0.1, 0.15) is 11.6 Å². The third-order valence-electron chi connectivity index (χ3n) is 8.25. The lowest BCUT2D eigenvalue weighted by Gasteiger charge is -2.14. The van der Waals surface area contributed by atoms with Gasteiger partial charge in [-0.05, 0) is 122 Å². The summed E-state index contributed by atoms with van der Waals surface area (Å²) in [5, 5.41) is 23.0. The summed E-state index contributed by atoms with van der Waals surface area (Å²) in [7, 11) is 3.44. The summed E-state index contributed by atoms with van der Waals surface area (Å²) >= 11 is 0. The number of nitrogens with zero attached hydrogens (tertiary/aromatic N) is 1. The second-order valence-corrected chi connectivity index (χ2v) is 12.2. The van der Waals surface area contributed by atoms with Gasteiger partial charge >= 0.3 is 0 Å². The first-order chi connectivity index (χ1) is 22.2. The monoisotopic (exact) mass is 629 g/mol. The number of aromatic nitrogens is 1. The summed E-state index contributed by atoms with van der Waals surface area (Å²) in [5.74, 6) is 1.06. The standard InChI is InChI=1S/C38H51N3O5/c1-27(25-40-2)9-5-4-6-13-34(43)24-35(44)17-16-30-22-37(46-3)36(45)21-32(30)20-33-26-41-38(39)23-31(33)15-14-29-11-7-10-28(19-29)12-8-18-42/h7,10-11,16-17,19,21-23,26-27,40,42,45H,4-6,8-9,12-15,18,20,24-25H2,1-3H3,(H2,39,41)/t27-/m1/s1. The van der Waals surface area contributed by atoms with Gasteiger partial charge in [-0.2, -0.15) is 0 Å². The number of carbonyl (C=O) groups excluding carboxylic acids is 2. The van der Waals surface area contributed by atoms with Crippen molar-refractivity contribution in [2.24, 2.45) is 5.92 Å². The number of ketones is 2. The molecule has 8 heteroatoms. The van der Waals surface area contributed by atoms with Crippen molar-refractivity contribution in [2.45, 2.75) is 77.6 Å². The van der Waals surface area contributed by atoms with E-state index >= 15 is 0 Å².